The Kier molecular flexibility index (Phi) is 5.38. The molecule has 118 valence electrons. The van der Waals surface area contributed by atoms with Crippen molar-refractivity contribution in [2.75, 3.05) is 5.32 Å². The second-order valence-corrected chi connectivity index (χ2v) is 6.42. The van der Waals surface area contributed by atoms with Gasteiger partial charge in [0.1, 0.15) is 0 Å². The van der Waals surface area contributed by atoms with Gasteiger partial charge in [0.15, 0.2) is 0 Å². The number of aromatic nitrogens is 1. The van der Waals surface area contributed by atoms with Crippen molar-refractivity contribution in [3.05, 3.63) is 93.3 Å². The van der Waals surface area contributed by atoms with Crippen LogP contribution in [0.4, 0.5) is 5.69 Å². The summed E-state index contributed by atoms with van der Waals surface area (Å²) in [5.41, 5.74) is 3.31. The summed E-state index contributed by atoms with van der Waals surface area (Å²) < 4.78 is 1.03. The van der Waals surface area contributed by atoms with Crippen molar-refractivity contribution >= 4 is 46.3 Å². The average Bonchev–Trinajstić information content (AvgIpc) is 2.61. The minimum atomic E-state index is -0.112. The molecular weight excluding hydrogens is 411 g/mol. The molecule has 0 aliphatic carbocycles. The van der Waals surface area contributed by atoms with Crippen LogP contribution in [-0.2, 0) is 0 Å². The van der Waals surface area contributed by atoms with Crippen molar-refractivity contribution < 1.29 is 4.79 Å². The van der Waals surface area contributed by atoms with Gasteiger partial charge >= 0.3 is 0 Å². The lowest BCUT2D eigenvalue weighted by Crippen LogP contribution is -2.11. The van der Waals surface area contributed by atoms with Gasteiger partial charge in [-0.1, -0.05) is 30.3 Å². The Morgan fingerprint density at radius 2 is 1.83 bits per heavy atom. The number of rotatable bonds is 4. The lowest BCUT2D eigenvalue weighted by atomic mass is 10.1. The van der Waals surface area contributed by atoms with E-state index in [2.05, 4.69) is 32.9 Å². The molecule has 24 heavy (non-hydrogen) atoms. The molecule has 3 aromatic rings. The van der Waals surface area contributed by atoms with Crippen LogP contribution in [-0.4, -0.2) is 10.9 Å². The summed E-state index contributed by atoms with van der Waals surface area (Å²) in [7, 11) is 0. The fourth-order valence-corrected chi connectivity index (χ4v) is 2.75. The molecule has 0 spiro atoms. The summed E-state index contributed by atoms with van der Waals surface area (Å²) in [6.07, 6.45) is 5.68. The predicted molar refractivity (Wildman–Crippen MR) is 107 cm³/mol. The van der Waals surface area contributed by atoms with Gasteiger partial charge in [0.25, 0.3) is 5.91 Å². The largest absolute Gasteiger partial charge is 0.322 e. The number of pyridine rings is 1. The number of carbonyl (C=O) groups excluding carboxylic acids is 1. The highest BCUT2D eigenvalue weighted by molar-refractivity contribution is 14.1. The van der Waals surface area contributed by atoms with E-state index in [9.17, 15) is 4.79 Å². The number of amides is 1. The molecule has 1 aromatic heterocycles. The van der Waals surface area contributed by atoms with E-state index in [4.69, 9.17) is 0 Å². The third-order valence-corrected chi connectivity index (χ3v) is 4.04. The molecule has 0 aliphatic heterocycles. The van der Waals surface area contributed by atoms with Crippen LogP contribution >= 0.6 is 22.6 Å². The normalized spacial score (nSPS) is 10.7. The Hall–Kier alpha value is -2.47. The van der Waals surface area contributed by atoms with Crippen molar-refractivity contribution in [1.82, 2.24) is 4.98 Å². The molecule has 3 nitrogen and oxygen atoms in total. The Morgan fingerprint density at radius 1 is 0.958 bits per heavy atom. The van der Waals surface area contributed by atoms with Gasteiger partial charge in [-0.15, -0.1) is 0 Å². The molecule has 0 saturated carbocycles. The van der Waals surface area contributed by atoms with Crippen LogP contribution in [0.2, 0.25) is 0 Å². The Balaban J connectivity index is 1.73. The van der Waals surface area contributed by atoms with Gasteiger partial charge in [0.2, 0.25) is 0 Å². The van der Waals surface area contributed by atoms with Gasteiger partial charge in [-0.3, -0.25) is 9.78 Å². The molecule has 0 bridgehead atoms. The minimum absolute atomic E-state index is 0.112. The summed E-state index contributed by atoms with van der Waals surface area (Å²) in [4.78, 5) is 16.6. The first kappa shape index (κ1) is 16.4. The van der Waals surface area contributed by atoms with Crippen molar-refractivity contribution in [3.8, 4) is 0 Å². The van der Waals surface area contributed by atoms with Crippen LogP contribution in [0.5, 0.6) is 0 Å². The Bertz CT molecular complexity index is 876. The van der Waals surface area contributed by atoms with E-state index in [1.54, 1.807) is 6.20 Å². The molecule has 1 heterocycles. The van der Waals surface area contributed by atoms with Crippen LogP contribution in [0.25, 0.3) is 12.2 Å². The number of halogens is 1. The zero-order valence-electron chi connectivity index (χ0n) is 12.8. The quantitative estimate of drug-likeness (QED) is 0.590. The van der Waals surface area contributed by atoms with Gasteiger partial charge in [-0.05, 0) is 76.7 Å². The number of anilines is 1. The third kappa shape index (κ3) is 4.52. The highest BCUT2D eigenvalue weighted by atomic mass is 127. The SMILES string of the molecule is O=C(Nc1cccc(C=Cc2ccccn2)c1)c1cccc(I)c1. The van der Waals surface area contributed by atoms with E-state index in [1.807, 2.05) is 78.9 Å². The summed E-state index contributed by atoms with van der Waals surface area (Å²) in [6, 6.07) is 21.0. The Labute approximate surface area is 154 Å². The van der Waals surface area contributed by atoms with E-state index >= 15 is 0 Å². The highest BCUT2D eigenvalue weighted by Crippen LogP contribution is 2.15. The maximum absolute atomic E-state index is 12.3. The second kappa shape index (κ2) is 7.88. The maximum Gasteiger partial charge on any atom is 0.255 e. The summed E-state index contributed by atoms with van der Waals surface area (Å²) in [6.45, 7) is 0. The highest BCUT2D eigenvalue weighted by Gasteiger charge is 2.06. The molecular formula is C20H15IN2O. The van der Waals surface area contributed by atoms with Gasteiger partial charge in [0.05, 0.1) is 5.69 Å². The summed E-state index contributed by atoms with van der Waals surface area (Å²) in [5, 5.41) is 2.93. The van der Waals surface area contributed by atoms with Crippen molar-refractivity contribution in [2.45, 2.75) is 0 Å². The molecule has 0 unspecified atom stereocenters. The second-order valence-electron chi connectivity index (χ2n) is 5.18. The van der Waals surface area contributed by atoms with Crippen LogP contribution in [0, 0.1) is 3.57 Å². The molecule has 0 atom stereocenters. The number of carbonyl (C=O) groups is 1. The monoisotopic (exact) mass is 426 g/mol. The van der Waals surface area contributed by atoms with Crippen LogP contribution in [0.1, 0.15) is 21.6 Å². The molecule has 0 fully saturated rings. The lowest BCUT2D eigenvalue weighted by Gasteiger charge is -2.06. The minimum Gasteiger partial charge on any atom is -0.322 e. The number of nitrogens with zero attached hydrogens (tertiary/aromatic N) is 1. The van der Waals surface area contributed by atoms with Gasteiger partial charge in [-0.25, -0.2) is 0 Å². The first-order valence-electron chi connectivity index (χ1n) is 7.47. The third-order valence-electron chi connectivity index (χ3n) is 3.37. The predicted octanol–water partition coefficient (Wildman–Crippen LogP) is 5.11. The van der Waals surface area contributed by atoms with E-state index in [0.717, 1.165) is 20.5 Å². The first-order chi connectivity index (χ1) is 11.7. The summed E-state index contributed by atoms with van der Waals surface area (Å²) >= 11 is 2.20. The topological polar surface area (TPSA) is 42.0 Å². The molecule has 1 amide bonds. The van der Waals surface area contributed by atoms with Crippen molar-refractivity contribution in [3.63, 3.8) is 0 Å². The number of nitrogens with one attached hydrogen (secondary N) is 1. The van der Waals surface area contributed by atoms with Crippen LogP contribution < -0.4 is 5.32 Å². The van der Waals surface area contributed by atoms with Gasteiger partial charge in [0, 0.05) is 21.0 Å². The number of hydrogen-bond acceptors (Lipinski definition) is 2. The fraction of sp³-hybridized carbons (Fsp3) is 0. The Morgan fingerprint density at radius 3 is 2.62 bits per heavy atom. The fourth-order valence-electron chi connectivity index (χ4n) is 2.21. The average molecular weight is 426 g/mol. The zero-order chi connectivity index (χ0) is 16.8. The molecule has 0 saturated heterocycles. The van der Waals surface area contributed by atoms with E-state index < -0.39 is 0 Å². The maximum atomic E-state index is 12.3. The van der Waals surface area contributed by atoms with Crippen molar-refractivity contribution in [2.24, 2.45) is 0 Å². The molecule has 3 rings (SSSR count). The zero-order valence-corrected chi connectivity index (χ0v) is 15.0. The lowest BCUT2D eigenvalue weighted by molar-refractivity contribution is 0.102. The summed E-state index contributed by atoms with van der Waals surface area (Å²) in [5.74, 6) is -0.112. The molecule has 0 aliphatic rings. The van der Waals surface area contributed by atoms with Crippen LogP contribution in [0.15, 0.2) is 72.9 Å². The van der Waals surface area contributed by atoms with Crippen molar-refractivity contribution in [1.29, 1.82) is 0 Å². The van der Waals surface area contributed by atoms with Gasteiger partial charge < -0.3 is 5.32 Å². The standard InChI is InChI=1S/C20H15IN2O/c21-17-7-4-6-16(14-17)20(24)23-19-9-3-5-15(13-19)10-11-18-8-1-2-12-22-18/h1-14H,(H,23,24). The van der Waals surface area contributed by atoms with E-state index in [-0.39, 0.29) is 5.91 Å². The molecule has 1 N–H and O–H groups in total. The molecule has 0 radical (unpaired) electrons. The first-order valence-corrected chi connectivity index (χ1v) is 8.55. The molecule has 2 aromatic carbocycles. The van der Waals surface area contributed by atoms with E-state index in [1.165, 1.54) is 0 Å². The van der Waals surface area contributed by atoms with E-state index in [0.29, 0.717) is 5.56 Å². The molecule has 4 heteroatoms. The van der Waals surface area contributed by atoms with Gasteiger partial charge in [-0.2, -0.15) is 0 Å². The number of hydrogen-bond donors (Lipinski definition) is 1. The smallest absolute Gasteiger partial charge is 0.255 e. The van der Waals surface area contributed by atoms with Crippen LogP contribution in [0.3, 0.4) is 0 Å². The number of benzene rings is 2.